The fourth-order valence-electron chi connectivity index (χ4n) is 1.24. The third-order valence-electron chi connectivity index (χ3n) is 2.05. The smallest absolute Gasteiger partial charge is 0.225 e. The second kappa shape index (κ2) is 5.14. The number of nitrogens with one attached hydrogen (secondary N) is 1. The minimum Gasteiger partial charge on any atom is -0.327 e. The SMILES string of the molecule is Cc1c(Cl)cccc1NC(=O)CC(C)N. The summed E-state index contributed by atoms with van der Waals surface area (Å²) in [5.74, 6) is -0.0876. The third-order valence-corrected chi connectivity index (χ3v) is 2.46. The lowest BCUT2D eigenvalue weighted by molar-refractivity contribution is -0.116. The fourth-order valence-corrected chi connectivity index (χ4v) is 1.41. The minimum atomic E-state index is -0.135. The topological polar surface area (TPSA) is 55.1 Å². The molecule has 0 bridgehead atoms. The molecule has 1 unspecified atom stereocenters. The van der Waals surface area contributed by atoms with Crippen LogP contribution in [-0.4, -0.2) is 11.9 Å². The number of benzene rings is 1. The maximum absolute atomic E-state index is 11.5. The predicted octanol–water partition coefficient (Wildman–Crippen LogP) is 2.32. The van der Waals surface area contributed by atoms with Crippen LogP contribution in [0.15, 0.2) is 18.2 Å². The van der Waals surface area contributed by atoms with Crippen LogP contribution in [-0.2, 0) is 4.79 Å². The van der Waals surface area contributed by atoms with Gasteiger partial charge in [0.25, 0.3) is 0 Å². The maximum Gasteiger partial charge on any atom is 0.225 e. The molecule has 4 heteroatoms. The maximum atomic E-state index is 11.5. The van der Waals surface area contributed by atoms with Crippen molar-refractivity contribution in [2.75, 3.05) is 5.32 Å². The van der Waals surface area contributed by atoms with Crippen molar-refractivity contribution in [2.24, 2.45) is 5.73 Å². The number of hydrogen-bond donors (Lipinski definition) is 2. The van der Waals surface area contributed by atoms with Crippen molar-refractivity contribution in [3.8, 4) is 0 Å². The van der Waals surface area contributed by atoms with Crippen molar-refractivity contribution in [1.82, 2.24) is 0 Å². The molecular formula is C11H15ClN2O. The Morgan fingerprint density at radius 2 is 2.27 bits per heavy atom. The number of amides is 1. The lowest BCUT2D eigenvalue weighted by atomic mass is 10.2. The predicted molar refractivity (Wildman–Crippen MR) is 63.1 cm³/mol. The fraction of sp³-hybridized carbons (Fsp3) is 0.364. The number of rotatable bonds is 3. The molecule has 0 aliphatic heterocycles. The molecule has 1 aromatic carbocycles. The number of nitrogens with two attached hydrogens (primary N) is 1. The highest BCUT2D eigenvalue weighted by atomic mass is 35.5. The van der Waals surface area contributed by atoms with Crippen LogP contribution in [0.1, 0.15) is 18.9 Å². The molecule has 3 nitrogen and oxygen atoms in total. The Hall–Kier alpha value is -1.06. The summed E-state index contributed by atoms with van der Waals surface area (Å²) in [7, 11) is 0. The van der Waals surface area contributed by atoms with Gasteiger partial charge >= 0.3 is 0 Å². The van der Waals surface area contributed by atoms with Crippen LogP contribution in [0.4, 0.5) is 5.69 Å². The van der Waals surface area contributed by atoms with E-state index in [1.807, 2.05) is 13.0 Å². The standard InChI is InChI=1S/C11H15ClN2O/c1-7(13)6-11(15)14-10-5-3-4-9(12)8(10)2/h3-5,7H,6,13H2,1-2H3,(H,14,15). The van der Waals surface area contributed by atoms with E-state index >= 15 is 0 Å². The van der Waals surface area contributed by atoms with Gasteiger partial charge in [0, 0.05) is 23.2 Å². The van der Waals surface area contributed by atoms with Gasteiger partial charge in [-0.05, 0) is 31.5 Å². The summed E-state index contributed by atoms with van der Waals surface area (Å²) >= 11 is 5.93. The molecule has 0 aliphatic rings. The highest BCUT2D eigenvalue weighted by Crippen LogP contribution is 2.22. The van der Waals surface area contributed by atoms with Crippen LogP contribution >= 0.6 is 11.6 Å². The monoisotopic (exact) mass is 226 g/mol. The van der Waals surface area contributed by atoms with Gasteiger partial charge in [0.2, 0.25) is 5.91 Å². The van der Waals surface area contributed by atoms with Crippen molar-refractivity contribution in [2.45, 2.75) is 26.3 Å². The van der Waals surface area contributed by atoms with Gasteiger partial charge in [-0.15, -0.1) is 0 Å². The van der Waals surface area contributed by atoms with E-state index in [1.54, 1.807) is 19.1 Å². The van der Waals surface area contributed by atoms with Gasteiger partial charge in [-0.2, -0.15) is 0 Å². The van der Waals surface area contributed by atoms with Gasteiger partial charge in [0.15, 0.2) is 0 Å². The van der Waals surface area contributed by atoms with Crippen molar-refractivity contribution in [1.29, 1.82) is 0 Å². The first-order valence-corrected chi connectivity index (χ1v) is 5.19. The van der Waals surface area contributed by atoms with E-state index in [1.165, 1.54) is 0 Å². The van der Waals surface area contributed by atoms with Crippen LogP contribution in [0.25, 0.3) is 0 Å². The summed E-state index contributed by atoms with van der Waals surface area (Å²) in [6, 6.07) is 5.28. The Bertz CT molecular complexity index is 364. The molecule has 0 heterocycles. The van der Waals surface area contributed by atoms with Crippen molar-refractivity contribution >= 4 is 23.2 Å². The molecule has 0 aromatic heterocycles. The van der Waals surface area contributed by atoms with Crippen LogP contribution in [0, 0.1) is 6.92 Å². The minimum absolute atomic E-state index is 0.0876. The Morgan fingerprint density at radius 3 is 2.87 bits per heavy atom. The molecule has 1 rings (SSSR count). The number of halogens is 1. The zero-order valence-corrected chi connectivity index (χ0v) is 9.64. The van der Waals surface area contributed by atoms with Gasteiger partial charge in [-0.25, -0.2) is 0 Å². The van der Waals surface area contributed by atoms with Crippen LogP contribution in [0.5, 0.6) is 0 Å². The number of carbonyl (C=O) groups excluding carboxylic acids is 1. The summed E-state index contributed by atoms with van der Waals surface area (Å²) in [6.07, 6.45) is 0.311. The van der Waals surface area contributed by atoms with E-state index in [2.05, 4.69) is 5.32 Å². The van der Waals surface area contributed by atoms with Gasteiger partial charge < -0.3 is 11.1 Å². The Balaban J connectivity index is 2.73. The lowest BCUT2D eigenvalue weighted by Crippen LogP contribution is -2.24. The molecule has 0 saturated carbocycles. The van der Waals surface area contributed by atoms with Crippen molar-refractivity contribution in [3.63, 3.8) is 0 Å². The molecule has 82 valence electrons. The Labute approximate surface area is 94.6 Å². The van der Waals surface area contributed by atoms with Crippen LogP contribution in [0.2, 0.25) is 5.02 Å². The first-order chi connectivity index (χ1) is 7.00. The number of anilines is 1. The first-order valence-electron chi connectivity index (χ1n) is 4.81. The Morgan fingerprint density at radius 1 is 1.60 bits per heavy atom. The first kappa shape index (κ1) is 12.0. The van der Waals surface area contributed by atoms with Crippen molar-refractivity contribution in [3.05, 3.63) is 28.8 Å². The molecule has 0 radical (unpaired) electrons. The molecule has 0 aliphatic carbocycles. The van der Waals surface area contributed by atoms with E-state index in [0.29, 0.717) is 11.4 Å². The summed E-state index contributed by atoms with van der Waals surface area (Å²) in [6.45, 7) is 3.66. The zero-order valence-electron chi connectivity index (χ0n) is 8.88. The van der Waals surface area contributed by atoms with Crippen molar-refractivity contribution < 1.29 is 4.79 Å². The summed E-state index contributed by atoms with van der Waals surface area (Å²) in [5, 5.41) is 3.43. The van der Waals surface area contributed by atoms with Gasteiger partial charge in [-0.1, -0.05) is 17.7 Å². The molecule has 0 fully saturated rings. The number of hydrogen-bond acceptors (Lipinski definition) is 2. The molecule has 1 amide bonds. The normalized spacial score (nSPS) is 12.3. The summed E-state index contributed by atoms with van der Waals surface area (Å²) in [4.78, 5) is 11.5. The lowest BCUT2D eigenvalue weighted by Gasteiger charge is -2.10. The molecule has 0 spiro atoms. The van der Waals surface area contributed by atoms with Crippen LogP contribution < -0.4 is 11.1 Å². The molecule has 0 saturated heterocycles. The molecule has 15 heavy (non-hydrogen) atoms. The summed E-state index contributed by atoms with van der Waals surface area (Å²) in [5.41, 5.74) is 7.14. The molecule has 1 atom stereocenters. The zero-order chi connectivity index (χ0) is 11.4. The van der Waals surface area contributed by atoms with E-state index < -0.39 is 0 Å². The quantitative estimate of drug-likeness (QED) is 0.831. The molecule has 1 aromatic rings. The average molecular weight is 227 g/mol. The third kappa shape index (κ3) is 3.53. The highest BCUT2D eigenvalue weighted by molar-refractivity contribution is 6.31. The Kier molecular flexibility index (Phi) is 4.12. The van der Waals surface area contributed by atoms with Crippen LogP contribution in [0.3, 0.4) is 0 Å². The second-order valence-electron chi connectivity index (χ2n) is 3.64. The van der Waals surface area contributed by atoms with E-state index in [4.69, 9.17) is 17.3 Å². The molecule has 3 N–H and O–H groups in total. The van der Waals surface area contributed by atoms with Gasteiger partial charge in [0.1, 0.15) is 0 Å². The van der Waals surface area contributed by atoms with E-state index in [9.17, 15) is 4.79 Å². The highest BCUT2D eigenvalue weighted by Gasteiger charge is 2.08. The van der Waals surface area contributed by atoms with E-state index in [0.717, 1.165) is 11.3 Å². The number of carbonyl (C=O) groups is 1. The van der Waals surface area contributed by atoms with Gasteiger partial charge in [-0.3, -0.25) is 4.79 Å². The van der Waals surface area contributed by atoms with E-state index in [-0.39, 0.29) is 11.9 Å². The second-order valence-corrected chi connectivity index (χ2v) is 4.05. The average Bonchev–Trinajstić information content (AvgIpc) is 2.11. The van der Waals surface area contributed by atoms with Gasteiger partial charge in [0.05, 0.1) is 0 Å². The summed E-state index contributed by atoms with van der Waals surface area (Å²) < 4.78 is 0. The molecular weight excluding hydrogens is 212 g/mol. The largest absolute Gasteiger partial charge is 0.327 e.